The first-order valence-corrected chi connectivity index (χ1v) is 7.57. The normalized spacial score (nSPS) is 15.4. The molecule has 0 fully saturated rings. The van der Waals surface area contributed by atoms with Crippen molar-refractivity contribution in [2.45, 2.75) is 25.9 Å². The number of hydrogen-bond acceptors (Lipinski definition) is 2. The largest absolute Gasteiger partial charge is 0.343 e. The average molecular weight is 284 g/mol. The van der Waals surface area contributed by atoms with Crippen LogP contribution in [0, 0.1) is 0 Å². The molecule has 3 heteroatoms. The molecular weight excluding hydrogens is 262 g/mol. The van der Waals surface area contributed by atoms with Crippen LogP contribution in [0.2, 0.25) is 0 Å². The van der Waals surface area contributed by atoms with Crippen LogP contribution < -0.4 is 5.32 Å². The third kappa shape index (κ3) is 4.14. The van der Waals surface area contributed by atoms with Crippen molar-refractivity contribution in [3.05, 3.63) is 71.3 Å². The third-order valence-corrected chi connectivity index (χ3v) is 3.81. The highest BCUT2D eigenvalue weighted by Gasteiger charge is 2.17. The molecule has 3 nitrogen and oxygen atoms in total. The Hall–Kier alpha value is -1.68. The molecule has 1 heterocycles. The van der Waals surface area contributed by atoms with Gasteiger partial charge in [0.1, 0.15) is 6.54 Å². The maximum absolute atomic E-state index is 5.83. The molecule has 0 unspecified atom stereocenters. The Morgan fingerprint density at radius 1 is 0.857 bits per heavy atom. The van der Waals surface area contributed by atoms with E-state index in [0.717, 1.165) is 19.5 Å². The standard InChI is InChI=1S/C18H21NO2/c1-2-6-15(7-3-1)10-11-19-12-18-20-13-16-8-4-5-9-17(16)14-21-18/h1-9,18-19H,10-14H2/p+1. The minimum atomic E-state index is -0.117. The van der Waals surface area contributed by atoms with E-state index in [-0.39, 0.29) is 6.29 Å². The number of quaternary nitrogens is 1. The van der Waals surface area contributed by atoms with E-state index in [1.165, 1.54) is 16.7 Å². The summed E-state index contributed by atoms with van der Waals surface area (Å²) in [7, 11) is 0. The fourth-order valence-electron chi connectivity index (χ4n) is 2.56. The average Bonchev–Trinajstić information content (AvgIpc) is 2.75. The maximum Gasteiger partial charge on any atom is 0.208 e. The monoisotopic (exact) mass is 284 g/mol. The summed E-state index contributed by atoms with van der Waals surface area (Å²) in [5.74, 6) is 0. The summed E-state index contributed by atoms with van der Waals surface area (Å²) in [6, 6.07) is 18.9. The molecule has 0 bridgehead atoms. The quantitative estimate of drug-likeness (QED) is 0.851. The van der Waals surface area contributed by atoms with E-state index in [0.29, 0.717) is 13.2 Å². The van der Waals surface area contributed by atoms with E-state index >= 15 is 0 Å². The number of fused-ring (bicyclic) bond motifs is 1. The Morgan fingerprint density at radius 2 is 1.48 bits per heavy atom. The molecular formula is C18H22NO2+. The fraction of sp³-hybridized carbons (Fsp3) is 0.333. The van der Waals surface area contributed by atoms with Crippen LogP contribution in [0.25, 0.3) is 0 Å². The number of benzene rings is 2. The highest BCUT2D eigenvalue weighted by atomic mass is 16.7. The van der Waals surface area contributed by atoms with Crippen LogP contribution >= 0.6 is 0 Å². The minimum Gasteiger partial charge on any atom is -0.343 e. The zero-order valence-electron chi connectivity index (χ0n) is 12.2. The first-order valence-electron chi connectivity index (χ1n) is 7.57. The van der Waals surface area contributed by atoms with Crippen LogP contribution in [0.4, 0.5) is 0 Å². The van der Waals surface area contributed by atoms with Gasteiger partial charge in [0, 0.05) is 6.42 Å². The third-order valence-electron chi connectivity index (χ3n) is 3.81. The zero-order valence-corrected chi connectivity index (χ0v) is 12.2. The molecule has 0 saturated heterocycles. The van der Waals surface area contributed by atoms with Gasteiger partial charge in [-0.25, -0.2) is 0 Å². The van der Waals surface area contributed by atoms with Gasteiger partial charge in [0.2, 0.25) is 6.29 Å². The smallest absolute Gasteiger partial charge is 0.208 e. The lowest BCUT2D eigenvalue weighted by Crippen LogP contribution is -2.87. The van der Waals surface area contributed by atoms with Crippen molar-refractivity contribution in [2.75, 3.05) is 13.1 Å². The lowest BCUT2D eigenvalue weighted by atomic mass is 10.1. The lowest BCUT2D eigenvalue weighted by Gasteiger charge is -2.13. The molecule has 0 spiro atoms. The summed E-state index contributed by atoms with van der Waals surface area (Å²) in [5.41, 5.74) is 3.86. The number of rotatable bonds is 5. The Labute approximate surface area is 125 Å². The molecule has 1 aliphatic rings. The van der Waals surface area contributed by atoms with Crippen molar-refractivity contribution >= 4 is 0 Å². The molecule has 0 atom stereocenters. The van der Waals surface area contributed by atoms with Gasteiger partial charge >= 0.3 is 0 Å². The van der Waals surface area contributed by atoms with E-state index in [1.54, 1.807) is 0 Å². The van der Waals surface area contributed by atoms with E-state index in [1.807, 2.05) is 0 Å². The molecule has 0 saturated carbocycles. The summed E-state index contributed by atoms with van der Waals surface area (Å²) in [5, 5.41) is 2.27. The fourth-order valence-corrected chi connectivity index (χ4v) is 2.56. The number of hydrogen-bond donors (Lipinski definition) is 1. The Balaban J connectivity index is 1.41. The van der Waals surface area contributed by atoms with Crippen LogP contribution in [0.5, 0.6) is 0 Å². The van der Waals surface area contributed by atoms with Crippen molar-refractivity contribution in [2.24, 2.45) is 0 Å². The zero-order chi connectivity index (χ0) is 14.3. The highest BCUT2D eigenvalue weighted by molar-refractivity contribution is 5.26. The van der Waals surface area contributed by atoms with Gasteiger partial charge in [-0.1, -0.05) is 54.6 Å². The molecule has 0 amide bonds. The number of ether oxygens (including phenoxy) is 2. The summed E-state index contributed by atoms with van der Waals surface area (Å²) < 4.78 is 11.7. The van der Waals surface area contributed by atoms with Gasteiger partial charge in [0.05, 0.1) is 19.8 Å². The second-order valence-corrected chi connectivity index (χ2v) is 5.37. The molecule has 3 rings (SSSR count). The van der Waals surface area contributed by atoms with Crippen LogP contribution in [-0.2, 0) is 29.1 Å². The van der Waals surface area contributed by atoms with Crippen molar-refractivity contribution in [3.8, 4) is 0 Å². The first-order chi connectivity index (χ1) is 10.4. The SMILES string of the molecule is c1ccc(CC[NH2+]CC2OCc3ccccc3CO2)cc1. The summed E-state index contributed by atoms with van der Waals surface area (Å²) in [6.45, 7) is 3.20. The van der Waals surface area contributed by atoms with Crippen molar-refractivity contribution in [3.63, 3.8) is 0 Å². The van der Waals surface area contributed by atoms with Crippen LogP contribution in [0.15, 0.2) is 54.6 Å². The van der Waals surface area contributed by atoms with Gasteiger partial charge < -0.3 is 14.8 Å². The van der Waals surface area contributed by atoms with Gasteiger partial charge in [0.15, 0.2) is 0 Å². The Morgan fingerprint density at radius 3 is 2.14 bits per heavy atom. The van der Waals surface area contributed by atoms with E-state index < -0.39 is 0 Å². The van der Waals surface area contributed by atoms with Gasteiger partial charge in [-0.15, -0.1) is 0 Å². The molecule has 110 valence electrons. The topological polar surface area (TPSA) is 35.1 Å². The van der Waals surface area contributed by atoms with E-state index in [9.17, 15) is 0 Å². The van der Waals surface area contributed by atoms with Crippen molar-refractivity contribution in [1.29, 1.82) is 0 Å². The summed E-state index contributed by atoms with van der Waals surface area (Å²) in [4.78, 5) is 0. The molecule has 0 aromatic heterocycles. The molecule has 0 aliphatic carbocycles. The van der Waals surface area contributed by atoms with Crippen LogP contribution in [-0.4, -0.2) is 19.4 Å². The highest BCUT2D eigenvalue weighted by Crippen LogP contribution is 2.17. The molecule has 0 radical (unpaired) electrons. The van der Waals surface area contributed by atoms with Gasteiger partial charge in [-0.2, -0.15) is 0 Å². The van der Waals surface area contributed by atoms with Gasteiger partial charge in [-0.05, 0) is 16.7 Å². The predicted molar refractivity (Wildman–Crippen MR) is 81.6 cm³/mol. The predicted octanol–water partition coefficient (Wildman–Crippen LogP) is 1.87. The summed E-state index contributed by atoms with van der Waals surface area (Å²) >= 11 is 0. The maximum atomic E-state index is 5.83. The number of nitrogens with two attached hydrogens (primary N) is 1. The van der Waals surface area contributed by atoms with Gasteiger partial charge in [-0.3, -0.25) is 0 Å². The lowest BCUT2D eigenvalue weighted by molar-refractivity contribution is -0.668. The Kier molecular flexibility index (Phi) is 5.00. The molecule has 2 aromatic rings. The molecule has 2 N–H and O–H groups in total. The van der Waals surface area contributed by atoms with Crippen LogP contribution in [0.3, 0.4) is 0 Å². The first kappa shape index (κ1) is 14.3. The van der Waals surface area contributed by atoms with Crippen molar-refractivity contribution < 1.29 is 14.8 Å². The summed E-state index contributed by atoms with van der Waals surface area (Å²) in [6.07, 6.45) is 0.960. The minimum absolute atomic E-state index is 0.117. The second-order valence-electron chi connectivity index (χ2n) is 5.37. The van der Waals surface area contributed by atoms with E-state index in [4.69, 9.17) is 9.47 Å². The van der Waals surface area contributed by atoms with Gasteiger partial charge in [0.25, 0.3) is 0 Å². The van der Waals surface area contributed by atoms with E-state index in [2.05, 4.69) is 59.9 Å². The second kappa shape index (κ2) is 7.36. The van der Waals surface area contributed by atoms with Crippen LogP contribution in [0.1, 0.15) is 16.7 Å². The Bertz CT molecular complexity index is 529. The molecule has 21 heavy (non-hydrogen) atoms. The molecule has 1 aliphatic heterocycles. The molecule has 2 aromatic carbocycles. The van der Waals surface area contributed by atoms with Crippen molar-refractivity contribution in [1.82, 2.24) is 0 Å².